The van der Waals surface area contributed by atoms with Crippen molar-refractivity contribution in [2.24, 2.45) is 51.2 Å². The lowest BCUT2D eigenvalue weighted by atomic mass is 9.46. The van der Waals surface area contributed by atoms with Crippen LogP contribution in [0.2, 0.25) is 0 Å². The lowest BCUT2D eigenvalue weighted by Gasteiger charge is -2.60. The number of nitrogens with zero attached hydrogens (tertiary/aromatic N) is 2. The summed E-state index contributed by atoms with van der Waals surface area (Å²) >= 11 is 0. The maximum atomic E-state index is 12.9. The molecule has 13 atom stereocenters. The highest BCUT2D eigenvalue weighted by Crippen LogP contribution is 2.87. The van der Waals surface area contributed by atoms with E-state index in [-0.39, 0.29) is 59.2 Å². The number of aliphatic carboxylic acids is 1. The highest BCUT2D eigenvalue weighted by molar-refractivity contribution is 7.81. The average Bonchev–Trinajstić information content (AvgIpc) is 3.95. The van der Waals surface area contributed by atoms with Gasteiger partial charge in [0.1, 0.15) is 6.54 Å². The van der Waals surface area contributed by atoms with E-state index >= 15 is 0 Å². The van der Waals surface area contributed by atoms with Gasteiger partial charge in [0.05, 0.1) is 48.6 Å². The van der Waals surface area contributed by atoms with Crippen LogP contribution in [0.1, 0.15) is 97.8 Å². The van der Waals surface area contributed by atoms with Crippen molar-refractivity contribution in [1.82, 2.24) is 9.21 Å². The number of aliphatic hydroxyl groups is 1. The summed E-state index contributed by atoms with van der Waals surface area (Å²) < 4.78 is 33.3. The van der Waals surface area contributed by atoms with Gasteiger partial charge in [-0.2, -0.15) is 0 Å². The molecule has 0 bridgehead atoms. The van der Waals surface area contributed by atoms with Gasteiger partial charge in [-0.25, -0.2) is 8.51 Å². The zero-order valence-corrected chi connectivity index (χ0v) is 30.3. The number of carboxylic acids is 1. The minimum atomic E-state index is -1.40. The van der Waals surface area contributed by atoms with E-state index in [1.807, 2.05) is 4.90 Å². The molecule has 1 amide bonds. The van der Waals surface area contributed by atoms with Crippen LogP contribution < -0.4 is 0 Å². The predicted octanol–water partition coefficient (Wildman–Crippen LogP) is 4.21. The van der Waals surface area contributed by atoms with Crippen molar-refractivity contribution in [2.75, 3.05) is 39.0 Å². The normalized spacial score (nSPS) is 48.0. The van der Waals surface area contributed by atoms with Crippen LogP contribution in [0, 0.1) is 51.2 Å². The lowest BCUT2D eigenvalue weighted by Crippen LogP contribution is -2.57. The molecule has 2 spiro atoms. The Morgan fingerprint density at radius 2 is 1.77 bits per heavy atom. The topological polar surface area (TPSA) is 126 Å². The van der Waals surface area contributed by atoms with Crippen molar-refractivity contribution < 1.29 is 38.2 Å². The minimum Gasteiger partial charge on any atom is -0.480 e. The van der Waals surface area contributed by atoms with E-state index in [4.69, 9.17) is 14.2 Å². The van der Waals surface area contributed by atoms with E-state index in [0.29, 0.717) is 61.7 Å². The third kappa shape index (κ3) is 5.29. The summed E-state index contributed by atoms with van der Waals surface area (Å²) in [6, 6.07) is 0. The maximum absolute atomic E-state index is 12.9. The molecule has 11 heteroatoms. The summed E-state index contributed by atoms with van der Waals surface area (Å²) in [5.74, 6) is 1.41. The second kappa shape index (κ2) is 12.0. The number of amides is 1. The predicted molar refractivity (Wildman–Crippen MR) is 179 cm³/mol. The summed E-state index contributed by atoms with van der Waals surface area (Å²) in [5, 5.41) is 21.5. The zero-order valence-electron chi connectivity index (χ0n) is 29.4. The van der Waals surface area contributed by atoms with E-state index in [9.17, 15) is 24.0 Å². The Kier molecular flexibility index (Phi) is 8.48. The minimum absolute atomic E-state index is 0.00305. The van der Waals surface area contributed by atoms with Crippen LogP contribution in [-0.4, -0.2) is 105 Å². The molecule has 2 N–H and O–H groups in total. The van der Waals surface area contributed by atoms with E-state index in [0.717, 1.165) is 44.9 Å². The van der Waals surface area contributed by atoms with Gasteiger partial charge < -0.3 is 29.3 Å². The Balaban J connectivity index is 0.950. The third-order valence-corrected chi connectivity index (χ3v) is 16.6. The fourth-order valence-electron chi connectivity index (χ4n) is 13.2. The molecule has 6 saturated carbocycles. The summed E-state index contributed by atoms with van der Waals surface area (Å²) in [7, 11) is -1.40. The molecule has 8 aliphatic rings. The molecule has 8 fully saturated rings. The zero-order chi connectivity index (χ0) is 33.8. The molecule has 10 nitrogen and oxygen atoms in total. The van der Waals surface area contributed by atoms with Crippen molar-refractivity contribution in [1.29, 1.82) is 0 Å². The van der Waals surface area contributed by atoms with Crippen molar-refractivity contribution in [3.05, 3.63) is 0 Å². The Hall–Kier alpha value is -1.11. The van der Waals surface area contributed by atoms with Crippen LogP contribution in [0.25, 0.3) is 0 Å². The number of rotatable bonds is 9. The van der Waals surface area contributed by atoms with E-state index in [2.05, 4.69) is 20.8 Å². The van der Waals surface area contributed by atoms with E-state index < -0.39 is 23.1 Å². The molecule has 2 saturated heterocycles. The van der Waals surface area contributed by atoms with Crippen LogP contribution >= 0.6 is 0 Å². The number of hydrogen-bond acceptors (Lipinski definition) is 7. The second-order valence-corrected chi connectivity index (χ2v) is 19.4. The maximum Gasteiger partial charge on any atom is 0.318 e. The number of carbonyl (C=O) groups is 2. The van der Waals surface area contributed by atoms with Crippen LogP contribution in [-0.2, 0) is 34.8 Å². The monoisotopic (exact) mass is 690 g/mol. The molecule has 6 aliphatic carbocycles. The van der Waals surface area contributed by atoms with Crippen LogP contribution in [0.4, 0.5) is 0 Å². The number of carbonyl (C=O) groups excluding carboxylic acids is 1. The van der Waals surface area contributed by atoms with Crippen molar-refractivity contribution in [2.45, 2.75) is 129 Å². The molecule has 0 aromatic rings. The standard InChI is InChI=1S/C37H58N2O8S/c1-34(2)26-10-9-24-31-32(43)33-25(8-7-23(46-33)18-39(48(4)44)19-29(41)42)35(31,3)13-14-36(24)21-37(26,36)12-11-27(34)47-30-20-38(15-16-45-30)28(40)17-22-5-6-22/h22-27,30-33,43H,5-21H2,1-4H3,(H,41,42)/t23?,24?,25-,26-,27-,30?,31?,32?,33?,35?,36?,37+,48?/m0/s1. The largest absolute Gasteiger partial charge is 0.480 e. The van der Waals surface area contributed by atoms with Crippen LogP contribution in [0.3, 0.4) is 0 Å². The molecule has 8 rings (SSSR count). The molecule has 0 aromatic heterocycles. The number of morpholine rings is 1. The van der Waals surface area contributed by atoms with Gasteiger partial charge in [0, 0.05) is 25.8 Å². The summed E-state index contributed by atoms with van der Waals surface area (Å²) in [5.41, 5.74) is 0.616. The number of carboxylic acid groups (broad SMARTS) is 1. The first-order valence-corrected chi connectivity index (χ1v) is 20.5. The molecular formula is C37H58N2O8S. The first-order valence-electron chi connectivity index (χ1n) is 19.0. The molecule has 0 aromatic carbocycles. The van der Waals surface area contributed by atoms with Gasteiger partial charge >= 0.3 is 5.97 Å². The Morgan fingerprint density at radius 3 is 2.50 bits per heavy atom. The van der Waals surface area contributed by atoms with Gasteiger partial charge in [-0.1, -0.05) is 20.8 Å². The summed E-state index contributed by atoms with van der Waals surface area (Å²) in [4.78, 5) is 26.2. The molecule has 48 heavy (non-hydrogen) atoms. The van der Waals surface area contributed by atoms with Gasteiger partial charge in [0.2, 0.25) is 5.91 Å². The molecule has 270 valence electrons. The SMILES string of the molecule is CS(=O)N(CC(=O)O)CC1CC[C@H]2C(O1)C(O)C1C3CC[C@H]4C(C)(C)[C@@H](OC5CN(C(=O)CC6CC6)CCO5)CC[C@@]45CC35CCC12C. The highest BCUT2D eigenvalue weighted by atomic mass is 32.2. The molecule has 9 unspecified atom stereocenters. The van der Waals surface area contributed by atoms with Crippen LogP contribution in [0.15, 0.2) is 0 Å². The number of hydrogen-bond donors (Lipinski definition) is 2. The Labute approximate surface area is 288 Å². The molecule has 2 aliphatic heterocycles. The Bertz CT molecular complexity index is 1330. The van der Waals surface area contributed by atoms with Crippen molar-refractivity contribution in [3.63, 3.8) is 0 Å². The number of fused-ring (bicyclic) bond motifs is 4. The van der Waals surface area contributed by atoms with Crippen LogP contribution in [0.5, 0.6) is 0 Å². The Morgan fingerprint density at radius 1 is 1.00 bits per heavy atom. The average molecular weight is 691 g/mol. The van der Waals surface area contributed by atoms with Gasteiger partial charge in [0.15, 0.2) is 6.29 Å². The van der Waals surface area contributed by atoms with E-state index in [1.165, 1.54) is 36.2 Å². The quantitative estimate of drug-likeness (QED) is 0.369. The number of aliphatic hydroxyl groups excluding tert-OH is 1. The second-order valence-electron chi connectivity index (χ2n) is 18.1. The van der Waals surface area contributed by atoms with Gasteiger partial charge in [0.25, 0.3) is 0 Å². The first kappa shape index (κ1) is 34.0. The summed E-state index contributed by atoms with van der Waals surface area (Å²) in [6.45, 7) is 9.05. The van der Waals surface area contributed by atoms with Crippen molar-refractivity contribution in [3.8, 4) is 0 Å². The van der Waals surface area contributed by atoms with Gasteiger partial charge in [-0.05, 0) is 122 Å². The third-order valence-electron chi connectivity index (χ3n) is 15.6. The molecular weight excluding hydrogens is 632 g/mol. The fourth-order valence-corrected chi connectivity index (χ4v) is 13.8. The lowest BCUT2D eigenvalue weighted by molar-refractivity contribution is -0.245. The smallest absolute Gasteiger partial charge is 0.318 e. The van der Waals surface area contributed by atoms with Gasteiger partial charge in [-0.3, -0.25) is 9.59 Å². The summed E-state index contributed by atoms with van der Waals surface area (Å²) in [6.07, 6.45) is 13.2. The molecule has 0 radical (unpaired) electrons. The van der Waals surface area contributed by atoms with E-state index in [1.54, 1.807) is 0 Å². The fraction of sp³-hybridized carbons (Fsp3) is 0.946. The van der Waals surface area contributed by atoms with Gasteiger partial charge in [-0.15, -0.1) is 0 Å². The molecule has 2 heterocycles. The highest BCUT2D eigenvalue weighted by Gasteiger charge is 2.81. The first-order chi connectivity index (χ1) is 22.8. The number of ether oxygens (including phenoxy) is 3. The van der Waals surface area contributed by atoms with Crippen molar-refractivity contribution >= 4 is 22.9 Å².